The van der Waals surface area contributed by atoms with Gasteiger partial charge in [-0.1, -0.05) is 78.3 Å². The summed E-state index contributed by atoms with van der Waals surface area (Å²) in [4.78, 5) is 57.1. The van der Waals surface area contributed by atoms with Gasteiger partial charge in [0.1, 0.15) is 10.7 Å². The van der Waals surface area contributed by atoms with Crippen molar-refractivity contribution in [2.45, 2.75) is 31.3 Å². The highest BCUT2D eigenvalue weighted by molar-refractivity contribution is 8.00. The van der Waals surface area contributed by atoms with E-state index in [-0.39, 0.29) is 24.0 Å². The van der Waals surface area contributed by atoms with E-state index < -0.39 is 17.8 Å². The van der Waals surface area contributed by atoms with Gasteiger partial charge in [0.2, 0.25) is 5.91 Å². The van der Waals surface area contributed by atoms with Crippen LogP contribution in [0.3, 0.4) is 0 Å². The van der Waals surface area contributed by atoms with E-state index in [9.17, 15) is 19.2 Å². The summed E-state index contributed by atoms with van der Waals surface area (Å²) in [6.07, 6.45) is 2.24. The average molecular weight is 765 g/mol. The molecular formula is C41H37ClN4O5S2. The first-order valence-electron chi connectivity index (χ1n) is 17.0. The lowest BCUT2D eigenvalue weighted by atomic mass is 10.0. The molecule has 0 bridgehead atoms. The highest BCUT2D eigenvalue weighted by Gasteiger charge is 2.29. The SMILES string of the molecule is CCOC(=O)c1c(NC(=O)CSc2cccc(NC(=O)/C(=C/c3cccc(Cl)c3)NC(=O)c3ccccc3)c2)sc2c1CCN(Cc1ccccc1)C2. The molecule has 3 amide bonds. The lowest BCUT2D eigenvalue weighted by Gasteiger charge is -2.27. The van der Waals surface area contributed by atoms with Crippen LogP contribution in [0.4, 0.5) is 10.7 Å². The minimum atomic E-state index is -0.537. The fourth-order valence-corrected chi connectivity index (χ4v) is 8.07. The molecule has 53 heavy (non-hydrogen) atoms. The monoisotopic (exact) mass is 764 g/mol. The van der Waals surface area contributed by atoms with Crippen molar-refractivity contribution in [1.82, 2.24) is 10.2 Å². The lowest BCUT2D eigenvalue weighted by Crippen LogP contribution is -2.30. The second-order valence-corrected chi connectivity index (χ2v) is 14.7. The number of benzene rings is 4. The van der Waals surface area contributed by atoms with Crippen molar-refractivity contribution in [2.75, 3.05) is 29.5 Å². The number of fused-ring (bicyclic) bond motifs is 1. The first-order chi connectivity index (χ1) is 25.7. The largest absolute Gasteiger partial charge is 0.462 e. The number of carbonyl (C=O) groups excluding carboxylic acids is 4. The Bertz CT molecular complexity index is 2140. The van der Waals surface area contributed by atoms with Crippen molar-refractivity contribution in [3.63, 3.8) is 0 Å². The predicted octanol–water partition coefficient (Wildman–Crippen LogP) is 8.28. The number of nitrogens with zero attached hydrogens (tertiary/aromatic N) is 1. The normalized spacial score (nSPS) is 12.8. The van der Waals surface area contributed by atoms with Gasteiger partial charge in [0.25, 0.3) is 11.8 Å². The number of thioether (sulfide) groups is 1. The molecule has 1 aromatic heterocycles. The van der Waals surface area contributed by atoms with Gasteiger partial charge in [-0.15, -0.1) is 23.1 Å². The summed E-state index contributed by atoms with van der Waals surface area (Å²) in [5.41, 5.74) is 4.13. The summed E-state index contributed by atoms with van der Waals surface area (Å²) in [5.74, 6) is -1.62. The van der Waals surface area contributed by atoms with Crippen LogP contribution >= 0.6 is 34.7 Å². The number of ether oxygens (including phenoxy) is 1. The molecule has 1 aliphatic rings. The van der Waals surface area contributed by atoms with Crippen LogP contribution in [0.1, 0.15) is 49.2 Å². The van der Waals surface area contributed by atoms with Gasteiger partial charge in [-0.2, -0.15) is 0 Å². The molecule has 12 heteroatoms. The van der Waals surface area contributed by atoms with Crippen molar-refractivity contribution < 1.29 is 23.9 Å². The van der Waals surface area contributed by atoms with E-state index in [0.717, 1.165) is 28.4 Å². The molecule has 0 aliphatic carbocycles. The zero-order valence-corrected chi connectivity index (χ0v) is 31.3. The maximum absolute atomic E-state index is 13.5. The molecule has 270 valence electrons. The van der Waals surface area contributed by atoms with E-state index in [0.29, 0.717) is 45.4 Å². The third-order valence-corrected chi connectivity index (χ3v) is 10.6. The van der Waals surface area contributed by atoms with Gasteiger partial charge >= 0.3 is 5.97 Å². The third kappa shape index (κ3) is 10.2. The number of amides is 3. The maximum atomic E-state index is 13.5. The fourth-order valence-electron chi connectivity index (χ4n) is 5.82. The third-order valence-electron chi connectivity index (χ3n) is 8.27. The van der Waals surface area contributed by atoms with Crippen molar-refractivity contribution in [2.24, 2.45) is 0 Å². The fraction of sp³-hybridized carbons (Fsp3) is 0.171. The molecular weight excluding hydrogens is 728 g/mol. The smallest absolute Gasteiger partial charge is 0.341 e. The molecule has 0 atom stereocenters. The summed E-state index contributed by atoms with van der Waals surface area (Å²) in [6.45, 7) is 4.26. The Morgan fingerprint density at radius 1 is 0.906 bits per heavy atom. The van der Waals surface area contributed by atoms with Gasteiger partial charge in [-0.05, 0) is 78.6 Å². The van der Waals surface area contributed by atoms with Gasteiger partial charge < -0.3 is 20.7 Å². The zero-order chi connectivity index (χ0) is 37.2. The van der Waals surface area contributed by atoms with Crippen molar-refractivity contribution >= 4 is 75.2 Å². The topological polar surface area (TPSA) is 117 Å². The molecule has 0 unspecified atom stereocenters. The minimum Gasteiger partial charge on any atom is -0.462 e. The Morgan fingerprint density at radius 3 is 2.42 bits per heavy atom. The van der Waals surface area contributed by atoms with Crippen LogP contribution in [0.2, 0.25) is 5.02 Å². The zero-order valence-electron chi connectivity index (χ0n) is 28.9. The number of halogens is 1. The van der Waals surface area contributed by atoms with E-state index in [1.54, 1.807) is 85.8 Å². The number of rotatable bonds is 13. The van der Waals surface area contributed by atoms with Gasteiger partial charge in [-0.3, -0.25) is 19.3 Å². The van der Waals surface area contributed by atoms with Crippen LogP contribution in [-0.2, 0) is 33.8 Å². The number of thiophene rings is 1. The van der Waals surface area contributed by atoms with Crippen molar-refractivity contribution in [3.05, 3.63) is 153 Å². The standard InChI is InChI=1S/C41H37ClN4O5S2/c1-2-51-41(50)37-33-19-20-46(24-27-11-5-3-6-12-27)25-35(33)53-40(37)45-36(47)26-52-32-18-10-17-31(23-32)43-39(49)34(22-28-13-9-16-30(42)21-28)44-38(48)29-14-7-4-8-15-29/h3-18,21-23H,2,19-20,24-26H2,1H3,(H,43,49)(H,44,48)(H,45,47)/b34-22-. The number of hydrogen-bond acceptors (Lipinski definition) is 8. The number of esters is 1. The van der Waals surface area contributed by atoms with Gasteiger partial charge in [-0.25, -0.2) is 4.79 Å². The molecule has 3 N–H and O–H groups in total. The summed E-state index contributed by atoms with van der Waals surface area (Å²) in [6, 6.07) is 32.9. The second-order valence-electron chi connectivity index (χ2n) is 12.1. The van der Waals surface area contributed by atoms with E-state index in [1.807, 2.05) is 24.3 Å². The van der Waals surface area contributed by atoms with Crippen LogP contribution in [0.15, 0.2) is 120 Å². The van der Waals surface area contributed by atoms with Crippen LogP contribution in [-0.4, -0.2) is 47.5 Å². The number of carbonyl (C=O) groups is 4. The Labute approximate surface area is 321 Å². The first kappa shape index (κ1) is 37.6. The Kier molecular flexibility index (Phi) is 12.8. The van der Waals surface area contributed by atoms with Crippen molar-refractivity contribution in [3.8, 4) is 0 Å². The van der Waals surface area contributed by atoms with Gasteiger partial charge in [0, 0.05) is 45.7 Å². The second kappa shape index (κ2) is 18.0. The maximum Gasteiger partial charge on any atom is 0.341 e. The van der Waals surface area contributed by atoms with Crippen LogP contribution in [0.25, 0.3) is 6.08 Å². The van der Waals surface area contributed by atoms with Crippen LogP contribution in [0, 0.1) is 0 Å². The van der Waals surface area contributed by atoms with Gasteiger partial charge in [0.05, 0.1) is 17.9 Å². The molecule has 0 saturated heterocycles. The molecule has 6 rings (SSSR count). The molecule has 0 saturated carbocycles. The summed E-state index contributed by atoms with van der Waals surface area (Å²) >= 11 is 8.88. The predicted molar refractivity (Wildman–Crippen MR) is 212 cm³/mol. The molecule has 1 aliphatic heterocycles. The Balaban J connectivity index is 1.12. The summed E-state index contributed by atoms with van der Waals surface area (Å²) in [5, 5.41) is 9.54. The highest BCUT2D eigenvalue weighted by Crippen LogP contribution is 2.38. The van der Waals surface area contributed by atoms with Crippen LogP contribution < -0.4 is 16.0 Å². The number of anilines is 2. The van der Waals surface area contributed by atoms with Gasteiger partial charge in [0.15, 0.2) is 0 Å². The summed E-state index contributed by atoms with van der Waals surface area (Å²) < 4.78 is 5.40. The number of nitrogens with one attached hydrogen (secondary N) is 3. The Hall–Kier alpha value is -5.20. The molecule has 9 nitrogen and oxygen atoms in total. The van der Waals surface area contributed by atoms with E-state index >= 15 is 0 Å². The van der Waals surface area contributed by atoms with Crippen LogP contribution in [0.5, 0.6) is 0 Å². The molecule has 5 aromatic rings. The quantitative estimate of drug-likeness (QED) is 0.0628. The van der Waals surface area contributed by atoms with E-state index in [2.05, 4.69) is 33.0 Å². The highest BCUT2D eigenvalue weighted by atomic mass is 35.5. The van der Waals surface area contributed by atoms with E-state index in [4.69, 9.17) is 16.3 Å². The molecule has 4 aromatic carbocycles. The van der Waals surface area contributed by atoms with E-state index in [1.165, 1.54) is 28.7 Å². The molecule has 0 spiro atoms. The van der Waals surface area contributed by atoms with Crippen molar-refractivity contribution in [1.29, 1.82) is 0 Å². The average Bonchev–Trinajstić information content (AvgIpc) is 3.51. The first-order valence-corrected chi connectivity index (χ1v) is 19.2. The number of hydrogen-bond donors (Lipinski definition) is 3. The Morgan fingerprint density at radius 2 is 1.66 bits per heavy atom. The minimum absolute atomic E-state index is 0.0257. The molecule has 2 heterocycles. The molecule has 0 fully saturated rings. The summed E-state index contributed by atoms with van der Waals surface area (Å²) in [7, 11) is 0. The lowest BCUT2D eigenvalue weighted by molar-refractivity contribution is -0.114. The molecule has 0 radical (unpaired) electrons.